The summed E-state index contributed by atoms with van der Waals surface area (Å²) in [5.41, 5.74) is -4.28. The molecule has 0 aromatic carbocycles. The Hall–Kier alpha value is -4.32. The van der Waals surface area contributed by atoms with Gasteiger partial charge in [-0.2, -0.15) is 0 Å². The van der Waals surface area contributed by atoms with Gasteiger partial charge in [0.15, 0.2) is 18.2 Å². The first-order valence-electron chi connectivity index (χ1n) is 22.2. The first kappa shape index (κ1) is 49.7. The SMILES string of the molecule is CC[C@H]1OC(=O)[C@@](C)(F)C(=O)[C@H](C)[C@@H](O[C@@H]2O[C@H](C)C[C@H](N(C)C)[C@H]2OC(C)=O)[C@](C)(OC)C[C@@H](C)C(=O)[C@H](C)[C@H]2N(CCCCn3cnc(-c4cccnc4)c3)C(=O)N(C)[C@]12C. The molecule has 3 aliphatic rings. The zero-order valence-electron chi connectivity index (χ0n) is 39.3. The number of likely N-dealkylation sites (N-methyl/N-ethyl adjacent to an activating group) is 2. The molecule has 16 nitrogen and oxygen atoms in total. The molecule has 2 aromatic heterocycles. The molecule has 17 heteroatoms. The summed E-state index contributed by atoms with van der Waals surface area (Å²) in [4.78, 5) is 84.2. The Bertz CT molecular complexity index is 1950. The third kappa shape index (κ3) is 10.0. The van der Waals surface area contributed by atoms with Gasteiger partial charge in [0.05, 0.1) is 47.5 Å². The molecule has 13 atom stereocenters. The second-order valence-corrected chi connectivity index (χ2v) is 18.6. The predicted octanol–water partition coefficient (Wildman–Crippen LogP) is 5.51. The number of urea groups is 1. The lowest BCUT2D eigenvalue weighted by molar-refractivity contribution is -0.298. The molecule has 3 saturated heterocycles. The molecule has 0 unspecified atom stereocenters. The molecule has 350 valence electrons. The molecular formula is C46H69FN6O10. The van der Waals surface area contributed by atoms with Crippen LogP contribution in [0.1, 0.15) is 94.4 Å². The van der Waals surface area contributed by atoms with E-state index in [1.54, 1.807) is 65.3 Å². The standard InChI is InChI=1S/C46H69FN6O10/c1-14-35-46(9)38(53(43(58)51(46)12)21-16-15-20-52-25-33(49-26-52)32-18-17-19-48-24-32)29(4)36(55)27(2)23-44(7,59-13)40(30(5)39(56)45(8,47)42(57)62-35)63-41-37(61-31(6)54)34(50(10)11)22-28(3)60-41/h17-19,24-30,34-35,37-38,40-41H,14-16,20-23H2,1-13H3/t27-,28-,29+,30+,34+,35-,37-,38-,40-,41+,44-,45+,46-/m1/s1. The third-order valence-electron chi connectivity index (χ3n) is 13.9. The number of carbonyl (C=O) groups is 5. The minimum absolute atomic E-state index is 0.00359. The Labute approximate surface area is 371 Å². The topological polar surface area (TPSA) is 172 Å². The summed E-state index contributed by atoms with van der Waals surface area (Å²) in [6.07, 6.45) is 4.02. The molecule has 3 aliphatic heterocycles. The Morgan fingerprint density at radius 2 is 1.73 bits per heavy atom. The summed E-state index contributed by atoms with van der Waals surface area (Å²) in [6.45, 7) is 15.1. The summed E-state index contributed by atoms with van der Waals surface area (Å²) in [7, 11) is 6.69. The van der Waals surface area contributed by atoms with Gasteiger partial charge >= 0.3 is 18.0 Å². The molecule has 3 fully saturated rings. The number of cyclic esters (lactones) is 1. The highest BCUT2D eigenvalue weighted by molar-refractivity contribution is 6.08. The molecule has 0 bridgehead atoms. The van der Waals surface area contributed by atoms with Crippen molar-refractivity contribution in [2.24, 2.45) is 17.8 Å². The van der Waals surface area contributed by atoms with Crippen LogP contribution in [0.2, 0.25) is 0 Å². The number of carbonyl (C=O) groups excluding carboxylic acids is 5. The van der Waals surface area contributed by atoms with Gasteiger partial charge in [0.2, 0.25) is 0 Å². The molecule has 2 aromatic rings. The molecule has 0 spiro atoms. The molecule has 0 aliphatic carbocycles. The largest absolute Gasteiger partial charge is 0.457 e. The highest BCUT2D eigenvalue weighted by Gasteiger charge is 2.62. The van der Waals surface area contributed by atoms with E-state index in [0.29, 0.717) is 25.8 Å². The second-order valence-electron chi connectivity index (χ2n) is 18.6. The van der Waals surface area contributed by atoms with Crippen LogP contribution in [0.25, 0.3) is 11.3 Å². The van der Waals surface area contributed by atoms with Gasteiger partial charge in [0, 0.05) is 76.1 Å². The fraction of sp³-hybridized carbons (Fsp3) is 0.717. The van der Waals surface area contributed by atoms with E-state index in [4.69, 9.17) is 23.7 Å². The number of hydrogen-bond acceptors (Lipinski definition) is 13. The second kappa shape index (κ2) is 19.8. The third-order valence-corrected chi connectivity index (χ3v) is 13.9. The number of nitrogens with zero attached hydrogens (tertiary/aromatic N) is 6. The Kier molecular flexibility index (Phi) is 15.6. The van der Waals surface area contributed by atoms with Gasteiger partial charge < -0.3 is 43.0 Å². The first-order chi connectivity index (χ1) is 29.5. The van der Waals surface area contributed by atoms with Crippen LogP contribution in [0.5, 0.6) is 0 Å². The van der Waals surface area contributed by atoms with E-state index in [2.05, 4.69) is 9.97 Å². The molecular weight excluding hydrogens is 816 g/mol. The van der Waals surface area contributed by atoms with Gasteiger partial charge in [-0.15, -0.1) is 0 Å². The number of pyridine rings is 1. The van der Waals surface area contributed by atoms with Gasteiger partial charge in [-0.3, -0.25) is 19.4 Å². The van der Waals surface area contributed by atoms with Crippen molar-refractivity contribution in [3.05, 3.63) is 37.1 Å². The number of methoxy groups -OCH3 is 1. The van der Waals surface area contributed by atoms with Gasteiger partial charge in [0.1, 0.15) is 11.9 Å². The Morgan fingerprint density at radius 1 is 1.05 bits per heavy atom. The van der Waals surface area contributed by atoms with Crippen molar-refractivity contribution in [3.63, 3.8) is 0 Å². The number of imidazole rings is 1. The van der Waals surface area contributed by atoms with E-state index in [1.807, 2.05) is 48.8 Å². The number of rotatable bonds is 12. The quantitative estimate of drug-likeness (QED) is 0.149. The number of Topliss-reactive ketones (excluding diaryl/α,β-unsaturated/α-hetero) is 2. The van der Waals surface area contributed by atoms with Gasteiger partial charge in [-0.05, 0) is 86.0 Å². The number of aryl methyl sites for hydroxylation is 1. The fourth-order valence-corrected chi connectivity index (χ4v) is 10.2. The van der Waals surface area contributed by atoms with E-state index in [1.165, 1.54) is 25.9 Å². The zero-order valence-corrected chi connectivity index (χ0v) is 39.3. The number of aromatic nitrogens is 3. The highest BCUT2D eigenvalue weighted by Crippen LogP contribution is 2.44. The number of halogens is 1. The van der Waals surface area contributed by atoms with Crippen molar-refractivity contribution in [2.75, 3.05) is 34.8 Å². The minimum atomic E-state index is -3.18. The van der Waals surface area contributed by atoms with Crippen LogP contribution < -0.4 is 0 Å². The number of ether oxygens (including phenoxy) is 5. The summed E-state index contributed by atoms with van der Waals surface area (Å²) in [5, 5.41) is 0. The predicted molar refractivity (Wildman–Crippen MR) is 231 cm³/mol. The molecule has 63 heavy (non-hydrogen) atoms. The first-order valence-corrected chi connectivity index (χ1v) is 22.2. The van der Waals surface area contributed by atoms with Gasteiger partial charge in [-0.1, -0.05) is 27.7 Å². The fourth-order valence-electron chi connectivity index (χ4n) is 10.2. The number of unbranched alkanes of at least 4 members (excludes halogenated alkanes) is 1. The molecule has 0 saturated carbocycles. The molecule has 5 rings (SSSR count). The average molecular weight is 885 g/mol. The summed E-state index contributed by atoms with van der Waals surface area (Å²) in [5.74, 6) is -6.26. The summed E-state index contributed by atoms with van der Waals surface area (Å²) in [6, 6.07) is 2.26. The van der Waals surface area contributed by atoms with E-state index < -0.39 is 82.9 Å². The Morgan fingerprint density at radius 3 is 2.33 bits per heavy atom. The summed E-state index contributed by atoms with van der Waals surface area (Å²) < 4.78 is 50.1. The average Bonchev–Trinajstić information content (AvgIpc) is 3.79. The molecule has 0 radical (unpaired) electrons. The Balaban J connectivity index is 1.51. The lowest BCUT2D eigenvalue weighted by Gasteiger charge is -2.48. The van der Waals surface area contributed by atoms with Crippen molar-refractivity contribution in [1.82, 2.24) is 29.2 Å². The van der Waals surface area contributed by atoms with E-state index in [9.17, 15) is 24.0 Å². The number of alkyl halides is 1. The normalized spacial score (nSPS) is 36.0. The lowest BCUT2D eigenvalue weighted by atomic mass is 9.72. The van der Waals surface area contributed by atoms with Crippen LogP contribution in [0.15, 0.2) is 37.1 Å². The van der Waals surface area contributed by atoms with E-state index in [-0.39, 0.29) is 43.3 Å². The van der Waals surface area contributed by atoms with Crippen molar-refractivity contribution in [3.8, 4) is 11.3 Å². The van der Waals surface area contributed by atoms with E-state index >= 15 is 4.39 Å². The number of hydrogen-bond donors (Lipinski definition) is 0. The monoisotopic (exact) mass is 885 g/mol. The maximum Gasteiger partial charge on any atom is 0.351 e. The number of fused-ring (bicyclic) bond motifs is 1. The van der Waals surface area contributed by atoms with Gasteiger partial charge in [-0.25, -0.2) is 19.0 Å². The maximum absolute atomic E-state index is 17.2. The van der Waals surface area contributed by atoms with Crippen LogP contribution in [-0.2, 0) is 49.4 Å². The van der Waals surface area contributed by atoms with Gasteiger partial charge in [0.25, 0.3) is 5.67 Å². The highest BCUT2D eigenvalue weighted by atomic mass is 19.1. The van der Waals surface area contributed by atoms with Crippen LogP contribution >= 0.6 is 0 Å². The minimum Gasteiger partial charge on any atom is -0.457 e. The zero-order chi connectivity index (χ0) is 46.8. The summed E-state index contributed by atoms with van der Waals surface area (Å²) >= 11 is 0. The molecule has 0 N–H and O–H groups in total. The van der Waals surface area contributed by atoms with E-state index in [0.717, 1.165) is 18.2 Å². The van der Waals surface area contributed by atoms with Crippen molar-refractivity contribution in [2.45, 2.75) is 161 Å². The van der Waals surface area contributed by atoms with Crippen LogP contribution in [0.3, 0.4) is 0 Å². The lowest BCUT2D eigenvalue weighted by Crippen LogP contribution is -2.63. The smallest absolute Gasteiger partial charge is 0.351 e. The van der Waals surface area contributed by atoms with Crippen molar-refractivity contribution < 1.29 is 52.0 Å². The molecule has 2 amide bonds. The number of esters is 2. The number of ketones is 2. The van der Waals surface area contributed by atoms with Crippen molar-refractivity contribution >= 4 is 29.5 Å². The van der Waals surface area contributed by atoms with Crippen LogP contribution in [0, 0.1) is 17.8 Å². The van der Waals surface area contributed by atoms with Crippen molar-refractivity contribution in [1.29, 1.82) is 0 Å². The van der Waals surface area contributed by atoms with Crippen LogP contribution in [-0.4, -0.2) is 153 Å². The number of amides is 2. The van der Waals surface area contributed by atoms with Crippen LogP contribution in [0.4, 0.5) is 9.18 Å². The molecule has 5 heterocycles. The maximum atomic E-state index is 17.2.